The fraction of sp³-hybridized carbons (Fsp3) is 0.455. The molecule has 3 aliphatic rings. The Morgan fingerprint density at radius 2 is 1.83 bits per heavy atom. The predicted molar refractivity (Wildman–Crippen MR) is 164 cm³/mol. The number of nitrogens with one attached hydrogen (secondary N) is 2. The van der Waals surface area contributed by atoms with Crippen molar-refractivity contribution in [2.75, 3.05) is 58.5 Å². The first-order valence-corrected chi connectivity index (χ1v) is 15.4. The topological polar surface area (TPSA) is 127 Å². The highest BCUT2D eigenvalue weighted by atomic mass is 19.2. The Hall–Kier alpha value is -4.54. The molecule has 0 saturated carbocycles. The number of nitrogens with zero attached hydrogens (tertiary/aromatic N) is 4. The van der Waals surface area contributed by atoms with E-state index in [1.165, 1.54) is 13.2 Å². The van der Waals surface area contributed by atoms with Crippen LogP contribution in [-0.2, 0) is 14.3 Å². The number of likely N-dealkylation sites (tertiary alicyclic amines) is 1. The smallest absolute Gasteiger partial charge is 0.338 e. The number of amides is 4. The van der Waals surface area contributed by atoms with Crippen LogP contribution in [0.1, 0.15) is 42.9 Å². The second-order valence-corrected chi connectivity index (χ2v) is 11.7. The van der Waals surface area contributed by atoms with Crippen LogP contribution < -0.4 is 15.5 Å². The molecule has 2 N–H and O–H groups in total. The number of halogens is 2. The molecule has 13 heteroatoms. The molecule has 2 saturated heterocycles. The number of carbonyl (C=O) groups is 3. The number of ether oxygens (including phenoxy) is 2. The molecule has 46 heavy (non-hydrogen) atoms. The van der Waals surface area contributed by atoms with Gasteiger partial charge in [0.2, 0.25) is 0 Å². The molecule has 2 unspecified atom stereocenters. The van der Waals surface area contributed by atoms with E-state index in [9.17, 15) is 28.4 Å². The van der Waals surface area contributed by atoms with Crippen molar-refractivity contribution >= 4 is 23.7 Å². The number of para-hydroxylation sites is 1. The molecule has 0 aromatic heterocycles. The van der Waals surface area contributed by atoms with E-state index in [0.29, 0.717) is 11.6 Å². The lowest BCUT2D eigenvalue weighted by atomic mass is 9.93. The van der Waals surface area contributed by atoms with Crippen molar-refractivity contribution in [3.05, 3.63) is 76.5 Å². The van der Waals surface area contributed by atoms with E-state index in [2.05, 4.69) is 26.5 Å². The van der Waals surface area contributed by atoms with Gasteiger partial charge in [0.05, 0.1) is 36.2 Å². The van der Waals surface area contributed by atoms with Gasteiger partial charge in [-0.25, -0.2) is 28.1 Å². The average Bonchev–Trinajstić information content (AvgIpc) is 3.08. The zero-order valence-electron chi connectivity index (χ0n) is 25.9. The van der Waals surface area contributed by atoms with E-state index in [1.807, 2.05) is 24.3 Å². The van der Waals surface area contributed by atoms with E-state index in [0.717, 1.165) is 81.7 Å². The Kier molecular flexibility index (Phi) is 10.5. The number of methoxy groups -OCH3 is 2. The first kappa shape index (κ1) is 32.8. The second-order valence-electron chi connectivity index (χ2n) is 11.7. The Bertz CT molecular complexity index is 1540. The molecule has 2 fully saturated rings. The Morgan fingerprint density at radius 1 is 1.07 bits per heavy atom. The average molecular weight is 637 g/mol. The maximum atomic E-state index is 14.4. The fourth-order valence-electron chi connectivity index (χ4n) is 6.71. The van der Waals surface area contributed by atoms with Crippen molar-refractivity contribution in [3.63, 3.8) is 0 Å². The van der Waals surface area contributed by atoms with Crippen LogP contribution in [0.3, 0.4) is 0 Å². The molecule has 0 spiro atoms. The molecule has 244 valence electrons. The summed E-state index contributed by atoms with van der Waals surface area (Å²) in [6.45, 7) is 3.50. The van der Waals surface area contributed by atoms with Crippen LogP contribution in [0.5, 0.6) is 0 Å². The molecular weight excluding hydrogens is 598 g/mol. The highest BCUT2D eigenvalue weighted by Crippen LogP contribution is 2.35. The summed E-state index contributed by atoms with van der Waals surface area (Å²) in [6, 6.07) is 10.2. The van der Waals surface area contributed by atoms with Gasteiger partial charge in [-0.15, -0.1) is 0 Å². The van der Waals surface area contributed by atoms with Crippen molar-refractivity contribution in [2.24, 2.45) is 5.92 Å². The standard InChI is InChI=1S/C33H38F2N6O5/c1-45-20-27-29(31(42)46-2)30(22-9-10-25(34)26(35)16-22)41(33(44)38-27)32(43)37-18-21-6-5-13-40(19-21)24-11-14-39(15-12-24)28-8-4-3-7-23(28)17-36/h3-4,7-10,16,21,24,30H,5-6,11-15,18-20H2,1-2H3,(H,37,43)(H,38,44). The van der Waals surface area contributed by atoms with E-state index in [1.54, 1.807) is 0 Å². The summed E-state index contributed by atoms with van der Waals surface area (Å²) in [6.07, 6.45) is 3.74. The fourth-order valence-corrected chi connectivity index (χ4v) is 6.71. The van der Waals surface area contributed by atoms with E-state index in [4.69, 9.17) is 9.47 Å². The quantitative estimate of drug-likeness (QED) is 0.416. The Morgan fingerprint density at radius 3 is 2.52 bits per heavy atom. The first-order valence-electron chi connectivity index (χ1n) is 15.4. The lowest BCUT2D eigenvalue weighted by Crippen LogP contribution is -2.56. The molecule has 2 atom stereocenters. The minimum atomic E-state index is -1.39. The molecule has 5 rings (SSSR count). The molecule has 2 aromatic carbocycles. The number of piperidine rings is 2. The predicted octanol–water partition coefficient (Wildman–Crippen LogP) is 4.07. The molecule has 4 amide bonds. The normalized spacial score (nSPS) is 21.1. The number of imide groups is 1. The van der Waals surface area contributed by atoms with Gasteiger partial charge in [0.15, 0.2) is 11.6 Å². The van der Waals surface area contributed by atoms with Gasteiger partial charge in [-0.05, 0) is 68.0 Å². The number of nitriles is 1. The van der Waals surface area contributed by atoms with Gasteiger partial charge in [0.1, 0.15) is 12.1 Å². The van der Waals surface area contributed by atoms with Crippen LogP contribution >= 0.6 is 0 Å². The number of hydrogen-bond donors (Lipinski definition) is 2. The molecule has 11 nitrogen and oxygen atoms in total. The molecule has 0 aliphatic carbocycles. The number of urea groups is 2. The van der Waals surface area contributed by atoms with Gasteiger partial charge in [0.25, 0.3) is 0 Å². The Labute approximate surface area is 266 Å². The monoisotopic (exact) mass is 636 g/mol. The molecule has 0 radical (unpaired) electrons. The van der Waals surface area contributed by atoms with Crippen molar-refractivity contribution in [3.8, 4) is 6.07 Å². The number of anilines is 1. The van der Waals surface area contributed by atoms with Crippen molar-refractivity contribution in [1.29, 1.82) is 5.26 Å². The zero-order valence-corrected chi connectivity index (χ0v) is 25.9. The SMILES string of the molecule is COCC1=C(C(=O)OC)C(c2ccc(F)c(F)c2)N(C(=O)NCC2CCCN(C3CCN(c4ccccc4C#N)CC3)C2)C(=O)N1. The van der Waals surface area contributed by atoms with Crippen LogP contribution in [0.25, 0.3) is 0 Å². The third-order valence-electron chi connectivity index (χ3n) is 8.94. The summed E-state index contributed by atoms with van der Waals surface area (Å²) in [5.74, 6) is -3.04. The number of carbonyl (C=O) groups excluding carboxylic acids is 3. The number of benzene rings is 2. The lowest BCUT2D eigenvalue weighted by molar-refractivity contribution is -0.137. The van der Waals surface area contributed by atoms with Crippen LogP contribution in [0.2, 0.25) is 0 Å². The maximum Gasteiger partial charge on any atom is 0.338 e. The van der Waals surface area contributed by atoms with Crippen molar-refractivity contribution < 1.29 is 32.6 Å². The minimum Gasteiger partial charge on any atom is -0.466 e. The van der Waals surface area contributed by atoms with Crippen LogP contribution in [0, 0.1) is 28.9 Å². The van der Waals surface area contributed by atoms with Gasteiger partial charge in [-0.2, -0.15) is 5.26 Å². The van der Waals surface area contributed by atoms with Crippen molar-refractivity contribution in [2.45, 2.75) is 37.8 Å². The maximum absolute atomic E-state index is 14.4. The van der Waals surface area contributed by atoms with E-state index < -0.39 is 35.7 Å². The lowest BCUT2D eigenvalue weighted by Gasteiger charge is -2.43. The van der Waals surface area contributed by atoms with Gasteiger partial charge in [-0.1, -0.05) is 18.2 Å². The largest absolute Gasteiger partial charge is 0.466 e. The summed E-state index contributed by atoms with van der Waals surface area (Å²) in [5, 5.41) is 14.9. The van der Waals surface area contributed by atoms with Gasteiger partial charge in [-0.3, -0.25) is 4.90 Å². The minimum absolute atomic E-state index is 0.0190. The highest BCUT2D eigenvalue weighted by Gasteiger charge is 2.43. The third-order valence-corrected chi connectivity index (χ3v) is 8.94. The molecule has 3 heterocycles. The molecule has 3 aliphatic heterocycles. The van der Waals surface area contributed by atoms with E-state index in [-0.39, 0.29) is 35.9 Å². The van der Waals surface area contributed by atoms with Gasteiger partial charge in [0, 0.05) is 39.3 Å². The first-order chi connectivity index (χ1) is 22.2. The molecule has 0 bridgehead atoms. The van der Waals surface area contributed by atoms with Crippen LogP contribution in [-0.4, -0.2) is 87.4 Å². The highest BCUT2D eigenvalue weighted by molar-refractivity contribution is 6.01. The summed E-state index contributed by atoms with van der Waals surface area (Å²) in [7, 11) is 2.51. The number of esters is 1. The van der Waals surface area contributed by atoms with Crippen LogP contribution in [0.15, 0.2) is 53.7 Å². The van der Waals surface area contributed by atoms with Crippen molar-refractivity contribution in [1.82, 2.24) is 20.4 Å². The third kappa shape index (κ3) is 6.98. The zero-order chi connectivity index (χ0) is 32.8. The summed E-state index contributed by atoms with van der Waals surface area (Å²) in [4.78, 5) is 45.4. The Balaban J connectivity index is 1.27. The molecule has 2 aromatic rings. The van der Waals surface area contributed by atoms with Gasteiger partial charge < -0.3 is 25.0 Å². The summed E-state index contributed by atoms with van der Waals surface area (Å²) in [5.41, 5.74) is 1.59. The van der Waals surface area contributed by atoms with Crippen LogP contribution in [0.4, 0.5) is 24.1 Å². The summed E-state index contributed by atoms with van der Waals surface area (Å²) < 4.78 is 38.3. The van der Waals surface area contributed by atoms with Gasteiger partial charge >= 0.3 is 18.0 Å². The number of hydrogen-bond acceptors (Lipinski definition) is 8. The summed E-state index contributed by atoms with van der Waals surface area (Å²) >= 11 is 0. The van der Waals surface area contributed by atoms with E-state index >= 15 is 0 Å². The second kappa shape index (κ2) is 14.7. The number of rotatable bonds is 8. The molecular formula is C33H38F2N6O5.